The summed E-state index contributed by atoms with van der Waals surface area (Å²) in [6.45, 7) is 3.79. The number of nitrogens with one attached hydrogen (secondary N) is 2. The molecular weight excluding hydrogens is 240 g/mol. The minimum atomic E-state index is -0.563. The molecule has 1 rings (SSSR count). The summed E-state index contributed by atoms with van der Waals surface area (Å²) in [7, 11) is 0. The lowest BCUT2D eigenvalue weighted by molar-refractivity contribution is -0.114. The van der Waals surface area contributed by atoms with Crippen molar-refractivity contribution < 1.29 is 9.90 Å². The van der Waals surface area contributed by atoms with E-state index in [1.165, 1.54) is 6.92 Å². The van der Waals surface area contributed by atoms with Gasteiger partial charge in [0.05, 0.1) is 12.0 Å². The fourth-order valence-electron chi connectivity index (χ4n) is 1.39. The highest BCUT2D eigenvalue weighted by molar-refractivity contribution is 6.18. The Balaban J connectivity index is 2.65. The van der Waals surface area contributed by atoms with Crippen LogP contribution in [-0.2, 0) is 4.79 Å². The first-order valence-electron chi connectivity index (χ1n) is 5.39. The molecule has 0 aromatic heterocycles. The highest BCUT2D eigenvalue weighted by atomic mass is 35.5. The van der Waals surface area contributed by atoms with Gasteiger partial charge < -0.3 is 15.7 Å². The maximum Gasteiger partial charge on any atom is 0.221 e. The van der Waals surface area contributed by atoms with Crippen molar-refractivity contribution in [1.82, 2.24) is 0 Å². The van der Waals surface area contributed by atoms with Crippen LogP contribution in [0, 0.1) is 6.92 Å². The fraction of sp³-hybridized carbons (Fsp3) is 0.417. The monoisotopic (exact) mass is 256 g/mol. The van der Waals surface area contributed by atoms with Gasteiger partial charge >= 0.3 is 0 Å². The molecule has 0 heterocycles. The van der Waals surface area contributed by atoms with E-state index in [4.69, 9.17) is 11.6 Å². The number of anilines is 2. The van der Waals surface area contributed by atoms with E-state index in [-0.39, 0.29) is 11.8 Å². The molecule has 0 bridgehead atoms. The van der Waals surface area contributed by atoms with Gasteiger partial charge in [-0.05, 0) is 30.7 Å². The van der Waals surface area contributed by atoms with Crippen molar-refractivity contribution in [3.05, 3.63) is 23.8 Å². The average Bonchev–Trinajstić information content (AvgIpc) is 2.28. The summed E-state index contributed by atoms with van der Waals surface area (Å²) in [4.78, 5) is 10.9. The summed E-state index contributed by atoms with van der Waals surface area (Å²) in [6, 6.07) is 5.58. The van der Waals surface area contributed by atoms with E-state index in [2.05, 4.69) is 10.6 Å². The molecule has 3 N–H and O–H groups in total. The molecule has 1 atom stereocenters. The molecule has 0 aliphatic rings. The van der Waals surface area contributed by atoms with Gasteiger partial charge in [0.2, 0.25) is 5.91 Å². The molecule has 1 unspecified atom stereocenters. The highest BCUT2D eigenvalue weighted by Gasteiger charge is 2.04. The number of hydrogen-bond acceptors (Lipinski definition) is 3. The van der Waals surface area contributed by atoms with E-state index in [9.17, 15) is 9.90 Å². The summed E-state index contributed by atoms with van der Waals surface area (Å²) in [5.41, 5.74) is 2.65. The van der Waals surface area contributed by atoms with Crippen LogP contribution in [0.5, 0.6) is 0 Å². The molecule has 0 aliphatic carbocycles. The Morgan fingerprint density at radius 1 is 1.53 bits per heavy atom. The molecule has 94 valence electrons. The molecule has 0 saturated heterocycles. The molecule has 0 radical (unpaired) electrons. The Morgan fingerprint density at radius 3 is 2.76 bits per heavy atom. The summed E-state index contributed by atoms with van der Waals surface area (Å²) in [5.74, 6) is 0.113. The Labute approximate surface area is 106 Å². The van der Waals surface area contributed by atoms with Gasteiger partial charge in [0.15, 0.2) is 0 Å². The predicted octanol–water partition coefficient (Wildman–Crippen LogP) is 1.97. The highest BCUT2D eigenvalue weighted by Crippen LogP contribution is 2.19. The van der Waals surface area contributed by atoms with Gasteiger partial charge in [-0.2, -0.15) is 0 Å². The molecule has 0 spiro atoms. The zero-order valence-electron chi connectivity index (χ0n) is 9.96. The van der Waals surface area contributed by atoms with Gasteiger partial charge in [0.25, 0.3) is 0 Å². The quantitative estimate of drug-likeness (QED) is 0.706. The van der Waals surface area contributed by atoms with E-state index in [0.29, 0.717) is 6.54 Å². The van der Waals surface area contributed by atoms with Gasteiger partial charge in [-0.25, -0.2) is 0 Å². The van der Waals surface area contributed by atoms with E-state index < -0.39 is 6.10 Å². The van der Waals surface area contributed by atoms with Gasteiger partial charge in [-0.15, -0.1) is 11.6 Å². The Hall–Kier alpha value is -1.26. The van der Waals surface area contributed by atoms with E-state index in [1.807, 2.05) is 25.1 Å². The molecule has 17 heavy (non-hydrogen) atoms. The smallest absolute Gasteiger partial charge is 0.221 e. The van der Waals surface area contributed by atoms with Crippen molar-refractivity contribution in [2.24, 2.45) is 0 Å². The maximum atomic E-state index is 10.9. The lowest BCUT2D eigenvalue weighted by atomic mass is 10.1. The topological polar surface area (TPSA) is 61.4 Å². The van der Waals surface area contributed by atoms with Gasteiger partial charge in [-0.3, -0.25) is 4.79 Å². The Morgan fingerprint density at radius 2 is 2.24 bits per heavy atom. The second-order valence-electron chi connectivity index (χ2n) is 3.90. The van der Waals surface area contributed by atoms with Crippen molar-refractivity contribution >= 4 is 28.9 Å². The summed E-state index contributed by atoms with van der Waals surface area (Å²) < 4.78 is 0. The number of benzene rings is 1. The molecule has 0 aliphatic heterocycles. The molecular formula is C12H17ClN2O2. The van der Waals surface area contributed by atoms with E-state index in [1.54, 1.807) is 0 Å². The lowest BCUT2D eigenvalue weighted by Crippen LogP contribution is -2.20. The number of aliphatic hydroxyl groups is 1. The van der Waals surface area contributed by atoms with Crippen molar-refractivity contribution in [2.45, 2.75) is 20.0 Å². The Bertz CT molecular complexity index is 396. The number of aryl methyl sites for hydroxylation is 1. The van der Waals surface area contributed by atoms with Crippen LogP contribution in [0.3, 0.4) is 0 Å². The zero-order valence-corrected chi connectivity index (χ0v) is 10.7. The number of rotatable bonds is 5. The third kappa shape index (κ3) is 4.63. The van der Waals surface area contributed by atoms with Crippen LogP contribution in [0.2, 0.25) is 0 Å². The van der Waals surface area contributed by atoms with Crippen LogP contribution in [0.15, 0.2) is 18.2 Å². The number of carbonyl (C=O) groups is 1. The lowest BCUT2D eigenvalue weighted by Gasteiger charge is -2.12. The first-order valence-corrected chi connectivity index (χ1v) is 5.92. The van der Waals surface area contributed by atoms with Crippen LogP contribution in [0.4, 0.5) is 11.4 Å². The standard InChI is InChI=1S/C12H17ClN2O2/c1-8-5-10(14-7-11(17)6-13)3-4-12(8)15-9(2)16/h3-5,11,14,17H,6-7H2,1-2H3,(H,15,16). The Kier molecular flexibility index (Phi) is 5.25. The van der Waals surface area contributed by atoms with Crippen molar-refractivity contribution in [3.8, 4) is 0 Å². The molecule has 1 amide bonds. The van der Waals surface area contributed by atoms with Gasteiger partial charge in [-0.1, -0.05) is 0 Å². The second-order valence-corrected chi connectivity index (χ2v) is 4.21. The van der Waals surface area contributed by atoms with E-state index in [0.717, 1.165) is 16.9 Å². The molecule has 0 saturated carbocycles. The average molecular weight is 257 g/mol. The largest absolute Gasteiger partial charge is 0.390 e. The van der Waals surface area contributed by atoms with Crippen LogP contribution < -0.4 is 10.6 Å². The third-order valence-electron chi connectivity index (χ3n) is 2.26. The number of aliphatic hydroxyl groups excluding tert-OH is 1. The fourth-order valence-corrected chi connectivity index (χ4v) is 1.50. The second kappa shape index (κ2) is 6.47. The van der Waals surface area contributed by atoms with Crippen molar-refractivity contribution in [3.63, 3.8) is 0 Å². The first kappa shape index (κ1) is 13.8. The number of alkyl halides is 1. The maximum absolute atomic E-state index is 10.9. The summed E-state index contributed by atoms with van der Waals surface area (Å²) in [6.07, 6.45) is -0.563. The minimum absolute atomic E-state index is 0.0913. The molecule has 1 aromatic rings. The first-order chi connectivity index (χ1) is 8.02. The minimum Gasteiger partial charge on any atom is -0.390 e. The molecule has 0 fully saturated rings. The normalized spacial score (nSPS) is 12.0. The van der Waals surface area contributed by atoms with E-state index >= 15 is 0 Å². The number of halogens is 1. The van der Waals surface area contributed by atoms with Crippen LogP contribution in [0.25, 0.3) is 0 Å². The van der Waals surface area contributed by atoms with Gasteiger partial charge in [0, 0.05) is 24.8 Å². The number of amides is 1. The number of hydrogen-bond donors (Lipinski definition) is 3. The van der Waals surface area contributed by atoms with Crippen LogP contribution in [0.1, 0.15) is 12.5 Å². The van der Waals surface area contributed by atoms with Crippen LogP contribution in [-0.4, -0.2) is 29.5 Å². The van der Waals surface area contributed by atoms with Crippen molar-refractivity contribution in [2.75, 3.05) is 23.1 Å². The SMILES string of the molecule is CC(=O)Nc1ccc(NCC(O)CCl)cc1C. The zero-order chi connectivity index (χ0) is 12.8. The number of carbonyl (C=O) groups excluding carboxylic acids is 1. The molecule has 1 aromatic carbocycles. The summed E-state index contributed by atoms with van der Waals surface area (Å²) in [5, 5.41) is 15.1. The van der Waals surface area contributed by atoms with Crippen LogP contribution >= 0.6 is 11.6 Å². The van der Waals surface area contributed by atoms with Crippen molar-refractivity contribution in [1.29, 1.82) is 0 Å². The van der Waals surface area contributed by atoms with Gasteiger partial charge in [0.1, 0.15) is 0 Å². The molecule has 4 nitrogen and oxygen atoms in total. The predicted molar refractivity (Wildman–Crippen MR) is 70.7 cm³/mol. The molecule has 5 heteroatoms. The summed E-state index contributed by atoms with van der Waals surface area (Å²) >= 11 is 5.49. The third-order valence-corrected chi connectivity index (χ3v) is 2.61.